The Kier molecular flexibility index (Phi) is 8.11. The van der Waals surface area contributed by atoms with Crippen LogP contribution in [0, 0.1) is 0 Å². The highest BCUT2D eigenvalue weighted by molar-refractivity contribution is 7.91. The van der Waals surface area contributed by atoms with Gasteiger partial charge in [0.05, 0.1) is 25.7 Å². The molecule has 0 amide bonds. The van der Waals surface area contributed by atoms with Gasteiger partial charge in [0.1, 0.15) is 24.7 Å². The Bertz CT molecular complexity index is 1010. The van der Waals surface area contributed by atoms with E-state index in [0.29, 0.717) is 36.3 Å². The molecule has 0 radical (unpaired) electrons. The number of carbonyl (C=O) groups excluding carboxylic acids is 1. The van der Waals surface area contributed by atoms with Gasteiger partial charge in [0, 0.05) is 24.7 Å². The van der Waals surface area contributed by atoms with E-state index < -0.39 is 15.9 Å². The maximum absolute atomic E-state index is 12.0. The zero-order valence-corrected chi connectivity index (χ0v) is 19.1. The lowest BCUT2D eigenvalue weighted by atomic mass is 10.1. The Balaban J connectivity index is 1.67. The average Bonchev–Trinajstić information content (AvgIpc) is 3.17. The summed E-state index contributed by atoms with van der Waals surface area (Å²) in [5.74, 6) is 1.80. The lowest BCUT2D eigenvalue weighted by Crippen LogP contribution is -2.42. The van der Waals surface area contributed by atoms with Crippen LogP contribution in [-0.2, 0) is 16.4 Å². The van der Waals surface area contributed by atoms with Crippen molar-refractivity contribution in [3.8, 4) is 17.2 Å². The van der Waals surface area contributed by atoms with E-state index in [0.717, 1.165) is 11.3 Å². The molecule has 1 fully saturated rings. The fourth-order valence-corrected chi connectivity index (χ4v) is 5.52. The van der Waals surface area contributed by atoms with Crippen LogP contribution < -0.4 is 14.2 Å². The van der Waals surface area contributed by atoms with Gasteiger partial charge in [-0.2, -0.15) is 0 Å². The quantitative estimate of drug-likeness (QED) is 0.505. The molecular formula is C23H29NO7S. The van der Waals surface area contributed by atoms with Gasteiger partial charge in [-0.1, -0.05) is 12.1 Å². The molecule has 2 aromatic carbocycles. The average molecular weight is 464 g/mol. The van der Waals surface area contributed by atoms with Gasteiger partial charge in [-0.15, -0.1) is 0 Å². The third kappa shape index (κ3) is 6.44. The first-order valence-corrected chi connectivity index (χ1v) is 12.2. The smallest absolute Gasteiger partial charge is 0.161 e. The minimum atomic E-state index is -3.07. The van der Waals surface area contributed by atoms with Crippen LogP contribution in [0.25, 0.3) is 0 Å². The molecule has 8 nitrogen and oxygen atoms in total. The predicted molar refractivity (Wildman–Crippen MR) is 120 cm³/mol. The Morgan fingerprint density at radius 2 is 1.88 bits per heavy atom. The van der Waals surface area contributed by atoms with Gasteiger partial charge >= 0.3 is 0 Å². The highest BCUT2D eigenvalue weighted by Gasteiger charge is 2.33. The lowest BCUT2D eigenvalue weighted by molar-refractivity contribution is 0.0517. The number of hydrogen-bond donors (Lipinski definition) is 1. The molecule has 2 aromatic rings. The van der Waals surface area contributed by atoms with Crippen LogP contribution in [0.4, 0.5) is 0 Å². The molecule has 1 heterocycles. The minimum Gasteiger partial charge on any atom is -0.497 e. The number of benzene rings is 2. The monoisotopic (exact) mass is 463 g/mol. The summed E-state index contributed by atoms with van der Waals surface area (Å²) in [5, 5.41) is 10.7. The highest BCUT2D eigenvalue weighted by Crippen LogP contribution is 2.28. The highest BCUT2D eigenvalue weighted by atomic mass is 32.2. The van der Waals surface area contributed by atoms with Crippen LogP contribution in [0.3, 0.4) is 0 Å². The molecule has 1 N–H and O–H groups in total. The van der Waals surface area contributed by atoms with Gasteiger partial charge in [-0.05, 0) is 42.3 Å². The Morgan fingerprint density at radius 3 is 2.47 bits per heavy atom. The molecule has 0 aliphatic carbocycles. The molecule has 1 aliphatic heterocycles. The van der Waals surface area contributed by atoms with Gasteiger partial charge in [0.25, 0.3) is 0 Å². The van der Waals surface area contributed by atoms with E-state index in [2.05, 4.69) is 0 Å². The number of aliphatic hydroxyl groups excluding tert-OH is 1. The van der Waals surface area contributed by atoms with Crippen molar-refractivity contribution in [3.05, 3.63) is 53.6 Å². The topological polar surface area (TPSA) is 102 Å². The van der Waals surface area contributed by atoms with Crippen LogP contribution in [0.5, 0.6) is 17.2 Å². The molecule has 0 aromatic heterocycles. The number of methoxy groups -OCH3 is 2. The SMILES string of the molecule is COc1ccc(CN(CC(O)COc2ccc(C=O)cc2OC)C2CCS(=O)(=O)C2)cc1. The molecule has 0 saturated carbocycles. The second-order valence-corrected chi connectivity index (χ2v) is 10.1. The predicted octanol–water partition coefficient (Wildman–Crippen LogP) is 1.95. The molecule has 2 unspecified atom stereocenters. The van der Waals surface area contributed by atoms with Crippen molar-refractivity contribution in [2.45, 2.75) is 25.1 Å². The standard InChI is InChI=1S/C23H29NO7S/c1-29-21-6-3-17(4-7-21)12-24(19-9-10-32(27,28)16-19)13-20(26)15-31-22-8-5-18(14-25)11-23(22)30-2/h3-8,11,14,19-20,26H,9-10,12-13,15-16H2,1-2H3. The zero-order chi connectivity index (χ0) is 23.1. The molecule has 2 atom stereocenters. The normalized spacial score (nSPS) is 18.3. The van der Waals surface area contributed by atoms with Crippen LogP contribution in [0.2, 0.25) is 0 Å². The van der Waals surface area contributed by atoms with Gasteiger partial charge in [0.2, 0.25) is 0 Å². The molecule has 32 heavy (non-hydrogen) atoms. The summed E-state index contributed by atoms with van der Waals surface area (Å²) < 4.78 is 40.2. The van der Waals surface area contributed by atoms with Crippen molar-refractivity contribution in [3.63, 3.8) is 0 Å². The van der Waals surface area contributed by atoms with E-state index in [1.165, 1.54) is 7.11 Å². The lowest BCUT2D eigenvalue weighted by Gasteiger charge is -2.30. The van der Waals surface area contributed by atoms with Crippen molar-refractivity contribution in [2.24, 2.45) is 0 Å². The van der Waals surface area contributed by atoms with Gasteiger partial charge in [0.15, 0.2) is 21.3 Å². The maximum atomic E-state index is 12.0. The molecule has 1 aliphatic rings. The van der Waals surface area contributed by atoms with Crippen molar-refractivity contribution in [1.29, 1.82) is 0 Å². The number of sulfone groups is 1. The largest absolute Gasteiger partial charge is 0.497 e. The number of carbonyl (C=O) groups is 1. The molecule has 3 rings (SSSR count). The summed E-state index contributed by atoms with van der Waals surface area (Å²) in [4.78, 5) is 12.9. The van der Waals surface area contributed by atoms with Crippen molar-refractivity contribution < 1.29 is 32.5 Å². The molecule has 174 valence electrons. The summed E-state index contributed by atoms with van der Waals surface area (Å²) in [6.45, 7) is 0.745. The summed E-state index contributed by atoms with van der Waals surface area (Å²) in [6.07, 6.45) is 0.396. The molecule has 0 bridgehead atoms. The first-order valence-electron chi connectivity index (χ1n) is 10.3. The number of ether oxygens (including phenoxy) is 3. The third-order valence-electron chi connectivity index (χ3n) is 5.47. The number of rotatable bonds is 11. The van der Waals surface area contributed by atoms with Crippen LogP contribution in [0.1, 0.15) is 22.3 Å². The number of hydrogen-bond acceptors (Lipinski definition) is 8. The van der Waals surface area contributed by atoms with Crippen molar-refractivity contribution in [1.82, 2.24) is 4.90 Å². The second kappa shape index (κ2) is 10.8. The van der Waals surface area contributed by atoms with E-state index in [1.54, 1.807) is 25.3 Å². The number of nitrogens with zero attached hydrogens (tertiary/aromatic N) is 1. The van der Waals surface area contributed by atoms with Crippen LogP contribution >= 0.6 is 0 Å². The van der Waals surface area contributed by atoms with E-state index >= 15 is 0 Å². The Hall–Kier alpha value is -2.62. The minimum absolute atomic E-state index is 0.00458. The first-order chi connectivity index (χ1) is 15.3. The van der Waals surface area contributed by atoms with E-state index in [9.17, 15) is 18.3 Å². The third-order valence-corrected chi connectivity index (χ3v) is 7.22. The molecular weight excluding hydrogens is 434 g/mol. The van der Waals surface area contributed by atoms with Crippen LogP contribution in [-0.4, -0.2) is 75.7 Å². The second-order valence-electron chi connectivity index (χ2n) is 7.83. The molecule has 1 saturated heterocycles. The summed E-state index contributed by atoms with van der Waals surface area (Å²) >= 11 is 0. The zero-order valence-electron chi connectivity index (χ0n) is 18.3. The van der Waals surface area contributed by atoms with Crippen molar-refractivity contribution in [2.75, 3.05) is 38.9 Å². The Morgan fingerprint density at radius 1 is 1.12 bits per heavy atom. The van der Waals surface area contributed by atoms with Gasteiger partial charge in [-0.25, -0.2) is 8.42 Å². The Labute approximate surface area is 188 Å². The first kappa shape index (κ1) is 24.0. The van der Waals surface area contributed by atoms with Gasteiger partial charge in [-0.3, -0.25) is 9.69 Å². The molecule has 9 heteroatoms. The summed E-state index contributed by atoms with van der Waals surface area (Å²) in [6, 6.07) is 12.2. The fourth-order valence-electron chi connectivity index (χ4n) is 3.76. The fraction of sp³-hybridized carbons (Fsp3) is 0.435. The maximum Gasteiger partial charge on any atom is 0.161 e. The van der Waals surface area contributed by atoms with Gasteiger partial charge < -0.3 is 19.3 Å². The number of aliphatic hydroxyl groups is 1. The van der Waals surface area contributed by atoms with E-state index in [1.807, 2.05) is 29.2 Å². The molecule has 0 spiro atoms. The van der Waals surface area contributed by atoms with E-state index in [-0.39, 0.29) is 30.7 Å². The van der Waals surface area contributed by atoms with Crippen LogP contribution in [0.15, 0.2) is 42.5 Å². The van der Waals surface area contributed by atoms with E-state index in [4.69, 9.17) is 14.2 Å². The number of aldehydes is 1. The summed E-state index contributed by atoms with van der Waals surface area (Å²) in [7, 11) is 0.00654. The summed E-state index contributed by atoms with van der Waals surface area (Å²) in [5.41, 5.74) is 1.46. The van der Waals surface area contributed by atoms with Crippen molar-refractivity contribution >= 4 is 16.1 Å².